The van der Waals surface area contributed by atoms with Crippen LogP contribution in [0.2, 0.25) is 0 Å². The SMILES string of the molecule is CCNC(=O)C(CC)N(Cc1cccc(OC)c1)C(=O)CN(c1cccc(C(C)=O)c1)S(C)(=O)=O. The number of nitrogens with one attached hydrogen (secondary N) is 1. The van der Waals surface area contributed by atoms with E-state index in [0.717, 1.165) is 16.1 Å². The number of amides is 2. The van der Waals surface area contributed by atoms with Crippen molar-refractivity contribution in [1.29, 1.82) is 0 Å². The molecule has 1 atom stereocenters. The summed E-state index contributed by atoms with van der Waals surface area (Å²) in [4.78, 5) is 39.6. The van der Waals surface area contributed by atoms with Crippen LogP contribution < -0.4 is 14.4 Å². The molecule has 10 heteroatoms. The van der Waals surface area contributed by atoms with Crippen LogP contribution in [-0.2, 0) is 26.2 Å². The molecular formula is C25H33N3O6S. The van der Waals surface area contributed by atoms with Gasteiger partial charge in [0.2, 0.25) is 21.8 Å². The lowest BCUT2D eigenvalue weighted by atomic mass is 10.1. The van der Waals surface area contributed by atoms with E-state index in [1.54, 1.807) is 50.2 Å². The minimum Gasteiger partial charge on any atom is -0.497 e. The maximum absolute atomic E-state index is 13.6. The monoisotopic (exact) mass is 503 g/mol. The Labute approximate surface area is 207 Å². The van der Waals surface area contributed by atoms with Crippen molar-refractivity contribution in [2.24, 2.45) is 0 Å². The molecule has 190 valence electrons. The molecule has 0 bridgehead atoms. The molecule has 0 aliphatic heterocycles. The predicted octanol–water partition coefficient (Wildman–Crippen LogP) is 2.61. The van der Waals surface area contributed by atoms with Gasteiger partial charge in [-0.2, -0.15) is 0 Å². The molecule has 0 fully saturated rings. The molecule has 0 spiro atoms. The maximum Gasteiger partial charge on any atom is 0.244 e. The summed E-state index contributed by atoms with van der Waals surface area (Å²) in [5, 5.41) is 2.75. The van der Waals surface area contributed by atoms with Gasteiger partial charge in [-0.25, -0.2) is 8.42 Å². The predicted molar refractivity (Wildman–Crippen MR) is 135 cm³/mol. The van der Waals surface area contributed by atoms with Gasteiger partial charge in [-0.05, 0) is 50.1 Å². The molecule has 0 saturated carbocycles. The van der Waals surface area contributed by atoms with E-state index >= 15 is 0 Å². The van der Waals surface area contributed by atoms with Crippen molar-refractivity contribution in [2.75, 3.05) is 30.8 Å². The highest BCUT2D eigenvalue weighted by atomic mass is 32.2. The number of ether oxygens (including phenoxy) is 1. The van der Waals surface area contributed by atoms with Crippen molar-refractivity contribution in [3.05, 3.63) is 59.7 Å². The summed E-state index contributed by atoms with van der Waals surface area (Å²) in [6.07, 6.45) is 1.33. The molecule has 1 unspecified atom stereocenters. The van der Waals surface area contributed by atoms with Gasteiger partial charge in [0.05, 0.1) is 19.1 Å². The summed E-state index contributed by atoms with van der Waals surface area (Å²) in [7, 11) is -2.35. The number of ketones is 1. The van der Waals surface area contributed by atoms with E-state index in [4.69, 9.17) is 4.74 Å². The largest absolute Gasteiger partial charge is 0.497 e. The minimum atomic E-state index is -3.88. The van der Waals surface area contributed by atoms with Crippen LogP contribution in [0.15, 0.2) is 48.5 Å². The van der Waals surface area contributed by atoms with E-state index in [1.165, 1.54) is 31.1 Å². The first kappa shape index (κ1) is 27.8. The number of methoxy groups -OCH3 is 1. The molecule has 0 saturated heterocycles. The summed E-state index contributed by atoms with van der Waals surface area (Å²) >= 11 is 0. The number of Topliss-reactive ketones (excluding diaryl/α,β-unsaturated/α-hetero) is 1. The second-order valence-electron chi connectivity index (χ2n) is 8.07. The fourth-order valence-corrected chi connectivity index (χ4v) is 4.51. The summed E-state index contributed by atoms with van der Waals surface area (Å²) in [5.41, 5.74) is 1.25. The van der Waals surface area contributed by atoms with Gasteiger partial charge in [-0.1, -0.05) is 31.2 Å². The minimum absolute atomic E-state index is 0.0801. The zero-order chi connectivity index (χ0) is 26.2. The Hall–Kier alpha value is -3.40. The van der Waals surface area contributed by atoms with E-state index in [2.05, 4.69) is 5.32 Å². The number of carbonyl (C=O) groups excluding carboxylic acids is 3. The molecular weight excluding hydrogens is 470 g/mol. The highest BCUT2D eigenvalue weighted by molar-refractivity contribution is 7.92. The summed E-state index contributed by atoms with van der Waals surface area (Å²) < 4.78 is 31.5. The van der Waals surface area contributed by atoms with Crippen molar-refractivity contribution in [3.63, 3.8) is 0 Å². The van der Waals surface area contributed by atoms with Crippen LogP contribution in [0.1, 0.15) is 43.1 Å². The Morgan fingerprint density at radius 3 is 2.31 bits per heavy atom. The number of hydrogen-bond donors (Lipinski definition) is 1. The standard InChI is InChI=1S/C25H33N3O6S/c1-6-23(25(31)26-7-2)27(16-19-10-8-13-22(14-19)34-4)24(30)17-28(35(5,32)33)21-12-9-11-20(15-21)18(3)29/h8-15,23H,6-7,16-17H2,1-5H3,(H,26,31). The molecule has 0 radical (unpaired) electrons. The molecule has 0 heterocycles. The van der Waals surface area contributed by atoms with E-state index in [0.29, 0.717) is 24.3 Å². The first-order valence-electron chi connectivity index (χ1n) is 11.3. The molecule has 1 N–H and O–H groups in total. The number of sulfonamides is 1. The van der Waals surface area contributed by atoms with Gasteiger partial charge >= 0.3 is 0 Å². The van der Waals surface area contributed by atoms with Crippen molar-refractivity contribution in [3.8, 4) is 5.75 Å². The van der Waals surface area contributed by atoms with Crippen LogP contribution in [0.3, 0.4) is 0 Å². The van der Waals surface area contributed by atoms with Gasteiger partial charge < -0.3 is 15.0 Å². The first-order valence-corrected chi connectivity index (χ1v) is 13.1. The highest BCUT2D eigenvalue weighted by Crippen LogP contribution is 2.22. The van der Waals surface area contributed by atoms with E-state index in [1.807, 2.05) is 0 Å². The van der Waals surface area contributed by atoms with Gasteiger partial charge in [-0.15, -0.1) is 0 Å². The van der Waals surface area contributed by atoms with Gasteiger partial charge in [0.15, 0.2) is 5.78 Å². The summed E-state index contributed by atoms with van der Waals surface area (Å²) in [5.74, 6) is -0.506. The Bertz CT molecular complexity index is 1170. The number of rotatable bonds is 12. The molecule has 0 aromatic heterocycles. The van der Waals surface area contributed by atoms with Gasteiger partial charge in [0.1, 0.15) is 18.3 Å². The fraction of sp³-hybridized carbons (Fsp3) is 0.400. The average Bonchev–Trinajstić information content (AvgIpc) is 2.81. The lowest BCUT2D eigenvalue weighted by Crippen LogP contribution is -2.52. The highest BCUT2D eigenvalue weighted by Gasteiger charge is 2.31. The van der Waals surface area contributed by atoms with Crippen LogP contribution in [0.25, 0.3) is 0 Å². The zero-order valence-electron chi connectivity index (χ0n) is 20.8. The van der Waals surface area contributed by atoms with Crippen LogP contribution in [0.5, 0.6) is 5.75 Å². The Balaban J connectivity index is 2.48. The molecule has 0 aliphatic carbocycles. The molecule has 2 rings (SSSR count). The lowest BCUT2D eigenvalue weighted by molar-refractivity contribution is -0.140. The molecule has 2 amide bonds. The van der Waals surface area contributed by atoms with Crippen molar-refractivity contribution in [1.82, 2.24) is 10.2 Å². The van der Waals surface area contributed by atoms with E-state index in [9.17, 15) is 22.8 Å². The van der Waals surface area contributed by atoms with Crippen molar-refractivity contribution < 1.29 is 27.5 Å². The number of anilines is 1. The normalized spacial score (nSPS) is 11.9. The number of carbonyl (C=O) groups is 3. The molecule has 35 heavy (non-hydrogen) atoms. The summed E-state index contributed by atoms with van der Waals surface area (Å²) in [6.45, 7) is 4.90. The van der Waals surface area contributed by atoms with Gasteiger partial charge in [0, 0.05) is 18.7 Å². The Morgan fingerprint density at radius 1 is 1.06 bits per heavy atom. The Morgan fingerprint density at radius 2 is 1.74 bits per heavy atom. The molecule has 9 nitrogen and oxygen atoms in total. The third-order valence-corrected chi connectivity index (χ3v) is 6.58. The number of likely N-dealkylation sites (N-methyl/N-ethyl adjacent to an activating group) is 1. The van der Waals surface area contributed by atoms with Crippen molar-refractivity contribution in [2.45, 2.75) is 39.8 Å². The molecule has 0 aliphatic rings. The van der Waals surface area contributed by atoms with Crippen LogP contribution in [-0.4, -0.2) is 63.4 Å². The second kappa shape index (κ2) is 12.3. The number of hydrogen-bond acceptors (Lipinski definition) is 6. The third-order valence-electron chi connectivity index (χ3n) is 5.44. The van der Waals surface area contributed by atoms with Gasteiger partial charge in [-0.3, -0.25) is 18.7 Å². The quantitative estimate of drug-likeness (QED) is 0.446. The van der Waals surface area contributed by atoms with Gasteiger partial charge in [0.25, 0.3) is 0 Å². The van der Waals surface area contributed by atoms with Crippen LogP contribution in [0, 0.1) is 0 Å². The number of nitrogens with zero attached hydrogens (tertiary/aromatic N) is 2. The average molecular weight is 504 g/mol. The van der Waals surface area contributed by atoms with Crippen LogP contribution in [0.4, 0.5) is 5.69 Å². The van der Waals surface area contributed by atoms with Crippen molar-refractivity contribution >= 4 is 33.3 Å². The maximum atomic E-state index is 13.6. The number of benzene rings is 2. The lowest BCUT2D eigenvalue weighted by Gasteiger charge is -2.33. The van der Waals surface area contributed by atoms with Crippen LogP contribution >= 0.6 is 0 Å². The second-order valence-corrected chi connectivity index (χ2v) is 9.97. The fourth-order valence-electron chi connectivity index (χ4n) is 3.67. The zero-order valence-corrected chi connectivity index (χ0v) is 21.6. The van der Waals surface area contributed by atoms with E-state index < -0.39 is 28.5 Å². The third kappa shape index (κ3) is 7.54. The molecule has 2 aromatic rings. The summed E-state index contributed by atoms with van der Waals surface area (Å²) in [6, 6.07) is 12.4. The Kier molecular flexibility index (Phi) is 9.82. The first-order chi connectivity index (χ1) is 16.5. The van der Waals surface area contributed by atoms with E-state index in [-0.39, 0.29) is 23.9 Å². The smallest absolute Gasteiger partial charge is 0.244 e. The molecule has 2 aromatic carbocycles. The topological polar surface area (TPSA) is 113 Å².